The van der Waals surface area contributed by atoms with Crippen molar-refractivity contribution in [2.45, 2.75) is 65.0 Å². The second-order valence-corrected chi connectivity index (χ2v) is 5.47. The van der Waals surface area contributed by atoms with Crippen LogP contribution in [0.3, 0.4) is 0 Å². The van der Waals surface area contributed by atoms with Crippen LogP contribution in [0.2, 0.25) is 0 Å². The first-order valence-corrected chi connectivity index (χ1v) is 7.12. The molecule has 0 radical (unpaired) electrons. The van der Waals surface area contributed by atoms with E-state index in [1.807, 2.05) is 0 Å². The number of likely N-dealkylation sites (N-methyl/N-ethyl adjacent to an activating group) is 1. The predicted molar refractivity (Wildman–Crippen MR) is 71.8 cm³/mol. The van der Waals surface area contributed by atoms with Crippen LogP contribution >= 0.6 is 0 Å². The third-order valence-corrected chi connectivity index (χ3v) is 4.16. The number of nitrogens with one attached hydrogen (secondary N) is 1. The predicted octanol–water partition coefficient (Wildman–Crippen LogP) is 2.89. The molecule has 0 spiro atoms. The average Bonchev–Trinajstić information content (AvgIpc) is 2.66. The van der Waals surface area contributed by atoms with E-state index in [0.29, 0.717) is 6.04 Å². The Morgan fingerprint density at radius 2 is 2.12 bits per heavy atom. The van der Waals surface area contributed by atoms with Crippen LogP contribution in [-0.4, -0.2) is 37.1 Å². The summed E-state index contributed by atoms with van der Waals surface area (Å²) in [5, 5.41) is 3.78. The summed E-state index contributed by atoms with van der Waals surface area (Å²) in [5.41, 5.74) is 0. The quantitative estimate of drug-likeness (QED) is 0.718. The van der Waals surface area contributed by atoms with Gasteiger partial charge in [-0.2, -0.15) is 0 Å². The Hall–Kier alpha value is -0.0800. The Bertz CT molecular complexity index is 182. The van der Waals surface area contributed by atoms with E-state index in [1.165, 1.54) is 45.2 Å². The molecular formula is C14H30N2. The Morgan fingerprint density at radius 1 is 1.38 bits per heavy atom. The molecule has 0 aromatic carbocycles. The summed E-state index contributed by atoms with van der Waals surface area (Å²) in [6.07, 6.45) is 6.68. The first-order valence-electron chi connectivity index (χ1n) is 7.12. The lowest BCUT2D eigenvalue weighted by Gasteiger charge is -2.27. The normalized spacial score (nSPS) is 25.9. The van der Waals surface area contributed by atoms with Crippen molar-refractivity contribution in [1.82, 2.24) is 10.2 Å². The molecule has 1 aliphatic rings. The van der Waals surface area contributed by atoms with E-state index >= 15 is 0 Å². The molecule has 1 fully saturated rings. The summed E-state index contributed by atoms with van der Waals surface area (Å²) in [6, 6.07) is 1.50. The van der Waals surface area contributed by atoms with Crippen molar-refractivity contribution >= 4 is 0 Å². The summed E-state index contributed by atoms with van der Waals surface area (Å²) < 4.78 is 0. The van der Waals surface area contributed by atoms with Gasteiger partial charge in [0.15, 0.2) is 0 Å². The zero-order chi connectivity index (χ0) is 12.0. The van der Waals surface area contributed by atoms with Crippen LogP contribution in [0.15, 0.2) is 0 Å². The van der Waals surface area contributed by atoms with Crippen molar-refractivity contribution < 1.29 is 0 Å². The monoisotopic (exact) mass is 226 g/mol. The maximum absolute atomic E-state index is 3.78. The lowest BCUT2D eigenvalue weighted by atomic mass is 9.94. The highest BCUT2D eigenvalue weighted by atomic mass is 15.2. The molecule has 0 bridgehead atoms. The smallest absolute Gasteiger partial charge is 0.0218 e. The minimum absolute atomic E-state index is 0.717. The van der Waals surface area contributed by atoms with Crippen LogP contribution in [0.4, 0.5) is 0 Å². The number of hydrogen-bond acceptors (Lipinski definition) is 2. The lowest BCUT2D eigenvalue weighted by molar-refractivity contribution is 0.267. The molecule has 1 saturated heterocycles. The van der Waals surface area contributed by atoms with Gasteiger partial charge in [0.1, 0.15) is 0 Å². The molecule has 3 atom stereocenters. The van der Waals surface area contributed by atoms with E-state index in [-0.39, 0.29) is 0 Å². The number of hydrogen-bond donors (Lipinski definition) is 1. The molecule has 1 N–H and O–H groups in total. The summed E-state index contributed by atoms with van der Waals surface area (Å²) in [7, 11) is 2.26. The van der Waals surface area contributed by atoms with E-state index in [2.05, 4.69) is 38.0 Å². The Morgan fingerprint density at radius 3 is 2.62 bits per heavy atom. The number of rotatable bonds is 7. The van der Waals surface area contributed by atoms with Gasteiger partial charge < -0.3 is 10.2 Å². The topological polar surface area (TPSA) is 15.3 Å². The maximum atomic E-state index is 3.78. The van der Waals surface area contributed by atoms with Gasteiger partial charge in [-0.25, -0.2) is 0 Å². The highest BCUT2D eigenvalue weighted by molar-refractivity contribution is 4.81. The largest absolute Gasteiger partial charge is 0.312 e. The van der Waals surface area contributed by atoms with Crippen molar-refractivity contribution in [3.8, 4) is 0 Å². The SMILES string of the molecule is CCCC(C)C(CC)NCC1CCCN1C. The third-order valence-electron chi connectivity index (χ3n) is 4.16. The molecule has 3 unspecified atom stereocenters. The molecule has 0 amide bonds. The van der Waals surface area contributed by atoms with Crippen LogP contribution in [0.1, 0.15) is 52.9 Å². The van der Waals surface area contributed by atoms with Crippen molar-refractivity contribution in [2.75, 3.05) is 20.1 Å². The second kappa shape index (κ2) is 7.29. The van der Waals surface area contributed by atoms with Gasteiger partial charge in [-0.15, -0.1) is 0 Å². The summed E-state index contributed by atoms with van der Waals surface area (Å²) >= 11 is 0. The summed E-state index contributed by atoms with van der Waals surface area (Å²) in [4.78, 5) is 2.50. The van der Waals surface area contributed by atoms with Gasteiger partial charge in [0.25, 0.3) is 0 Å². The first kappa shape index (κ1) is 14.0. The fraction of sp³-hybridized carbons (Fsp3) is 1.00. The number of likely N-dealkylation sites (tertiary alicyclic amines) is 1. The Labute approximate surface area is 102 Å². The third kappa shape index (κ3) is 4.06. The minimum Gasteiger partial charge on any atom is -0.312 e. The molecule has 16 heavy (non-hydrogen) atoms. The van der Waals surface area contributed by atoms with Crippen LogP contribution in [-0.2, 0) is 0 Å². The zero-order valence-corrected chi connectivity index (χ0v) is 11.6. The standard InChI is InChI=1S/C14H30N2/c1-5-8-12(3)14(6-2)15-11-13-9-7-10-16(13)4/h12-15H,5-11H2,1-4H3. The molecular weight excluding hydrogens is 196 g/mol. The van der Waals surface area contributed by atoms with Crippen LogP contribution in [0, 0.1) is 5.92 Å². The average molecular weight is 226 g/mol. The molecule has 0 aromatic heterocycles. The second-order valence-electron chi connectivity index (χ2n) is 5.47. The fourth-order valence-electron chi connectivity index (χ4n) is 2.93. The van der Waals surface area contributed by atoms with E-state index < -0.39 is 0 Å². The first-order chi connectivity index (χ1) is 7.69. The van der Waals surface area contributed by atoms with Gasteiger partial charge in [-0.3, -0.25) is 0 Å². The van der Waals surface area contributed by atoms with Crippen LogP contribution < -0.4 is 5.32 Å². The van der Waals surface area contributed by atoms with Gasteiger partial charge in [0, 0.05) is 18.6 Å². The molecule has 0 aliphatic carbocycles. The molecule has 96 valence electrons. The maximum Gasteiger partial charge on any atom is 0.0218 e. The Balaban J connectivity index is 2.27. The zero-order valence-electron chi connectivity index (χ0n) is 11.6. The van der Waals surface area contributed by atoms with E-state index in [9.17, 15) is 0 Å². The summed E-state index contributed by atoms with van der Waals surface area (Å²) in [5.74, 6) is 0.821. The molecule has 0 aromatic rings. The highest BCUT2D eigenvalue weighted by Gasteiger charge is 2.22. The van der Waals surface area contributed by atoms with Gasteiger partial charge >= 0.3 is 0 Å². The molecule has 2 heteroatoms. The van der Waals surface area contributed by atoms with E-state index in [1.54, 1.807) is 0 Å². The summed E-state index contributed by atoms with van der Waals surface area (Å²) in [6.45, 7) is 9.45. The number of nitrogens with zero attached hydrogens (tertiary/aromatic N) is 1. The Kier molecular flexibility index (Phi) is 6.37. The van der Waals surface area contributed by atoms with E-state index in [4.69, 9.17) is 0 Å². The van der Waals surface area contributed by atoms with E-state index in [0.717, 1.165) is 12.0 Å². The molecule has 1 heterocycles. The van der Waals surface area contributed by atoms with Gasteiger partial charge in [0.2, 0.25) is 0 Å². The molecule has 0 saturated carbocycles. The van der Waals surface area contributed by atoms with Crippen molar-refractivity contribution in [2.24, 2.45) is 5.92 Å². The van der Waals surface area contributed by atoms with Crippen molar-refractivity contribution in [1.29, 1.82) is 0 Å². The van der Waals surface area contributed by atoms with Crippen LogP contribution in [0.25, 0.3) is 0 Å². The van der Waals surface area contributed by atoms with Crippen LogP contribution in [0.5, 0.6) is 0 Å². The minimum atomic E-state index is 0.717. The van der Waals surface area contributed by atoms with Gasteiger partial charge in [0.05, 0.1) is 0 Å². The lowest BCUT2D eigenvalue weighted by Crippen LogP contribution is -2.42. The molecule has 2 nitrogen and oxygen atoms in total. The van der Waals surface area contributed by atoms with Crippen molar-refractivity contribution in [3.63, 3.8) is 0 Å². The van der Waals surface area contributed by atoms with Crippen molar-refractivity contribution in [3.05, 3.63) is 0 Å². The molecule has 1 aliphatic heterocycles. The fourth-order valence-corrected chi connectivity index (χ4v) is 2.93. The van der Waals surface area contributed by atoms with Gasteiger partial charge in [-0.1, -0.05) is 27.2 Å². The van der Waals surface area contributed by atoms with Gasteiger partial charge in [-0.05, 0) is 45.2 Å². The molecule has 1 rings (SSSR count). The highest BCUT2D eigenvalue weighted by Crippen LogP contribution is 2.16.